The first-order valence-electron chi connectivity index (χ1n) is 7.49. The van der Waals surface area contributed by atoms with Gasteiger partial charge in [0.25, 0.3) is 5.91 Å². The first-order valence-corrected chi connectivity index (χ1v) is 8.37. The number of carbonyl (C=O) groups excluding carboxylic acids is 2. The second kappa shape index (κ2) is 9.43. The predicted molar refractivity (Wildman–Crippen MR) is 95.9 cm³/mol. The van der Waals surface area contributed by atoms with Crippen molar-refractivity contribution in [1.82, 2.24) is 10.3 Å². The van der Waals surface area contributed by atoms with Crippen LogP contribution >= 0.6 is 11.3 Å². The molecule has 0 atom stereocenters. The van der Waals surface area contributed by atoms with Crippen LogP contribution in [0.2, 0.25) is 0 Å². The highest BCUT2D eigenvalue weighted by Crippen LogP contribution is 2.15. The second-order valence-electron chi connectivity index (χ2n) is 4.91. The molecule has 1 amide bonds. The zero-order chi connectivity index (χ0) is 18.1. The van der Waals surface area contributed by atoms with Crippen molar-refractivity contribution in [3.05, 3.63) is 53.6 Å². The van der Waals surface area contributed by atoms with Gasteiger partial charge in [-0.3, -0.25) is 4.79 Å². The molecule has 0 aliphatic rings. The largest absolute Gasteiger partial charge is 0.497 e. The van der Waals surface area contributed by atoms with Gasteiger partial charge in [0.15, 0.2) is 17.4 Å². The topological polar surface area (TPSA) is 89.5 Å². The van der Waals surface area contributed by atoms with Crippen LogP contribution in [0.1, 0.15) is 16.1 Å². The van der Waals surface area contributed by atoms with Gasteiger partial charge in [-0.2, -0.15) is 0 Å². The Hall–Kier alpha value is -2.87. The summed E-state index contributed by atoms with van der Waals surface area (Å²) in [6.07, 6.45) is 1.69. The molecule has 0 fully saturated rings. The number of ether oxygens (including phenoxy) is 2. The lowest BCUT2D eigenvalue weighted by Gasteiger charge is -2.06. The fourth-order valence-electron chi connectivity index (χ4n) is 1.81. The van der Waals surface area contributed by atoms with E-state index in [0.717, 1.165) is 11.3 Å². The molecule has 132 valence electrons. The highest BCUT2D eigenvalue weighted by Gasteiger charge is 2.14. The third kappa shape index (κ3) is 5.92. The monoisotopic (exact) mass is 361 g/mol. The Morgan fingerprint density at radius 1 is 1.32 bits per heavy atom. The molecule has 2 N–H and O–H groups in total. The molecule has 7 nitrogen and oxygen atoms in total. The lowest BCUT2D eigenvalue weighted by Crippen LogP contribution is -2.28. The molecule has 1 aromatic heterocycles. The van der Waals surface area contributed by atoms with E-state index >= 15 is 0 Å². The first-order chi connectivity index (χ1) is 12.1. The Morgan fingerprint density at radius 2 is 2.08 bits per heavy atom. The lowest BCUT2D eigenvalue weighted by atomic mass is 10.2. The van der Waals surface area contributed by atoms with E-state index < -0.39 is 5.97 Å². The molecule has 0 spiro atoms. The van der Waals surface area contributed by atoms with Crippen molar-refractivity contribution in [3.63, 3.8) is 0 Å². The fraction of sp³-hybridized carbons (Fsp3) is 0.235. The van der Waals surface area contributed by atoms with Gasteiger partial charge >= 0.3 is 5.97 Å². The van der Waals surface area contributed by atoms with Crippen LogP contribution in [0.4, 0.5) is 5.13 Å². The van der Waals surface area contributed by atoms with E-state index in [1.165, 1.54) is 11.3 Å². The molecule has 8 heteroatoms. The predicted octanol–water partition coefficient (Wildman–Crippen LogP) is 2.22. The summed E-state index contributed by atoms with van der Waals surface area (Å²) in [5.74, 6) is -0.277. The average Bonchev–Trinajstić information content (AvgIpc) is 3.12. The van der Waals surface area contributed by atoms with Crippen molar-refractivity contribution >= 4 is 28.3 Å². The van der Waals surface area contributed by atoms with Crippen LogP contribution in [0.5, 0.6) is 5.75 Å². The number of amides is 1. The molecule has 1 aromatic carbocycles. The van der Waals surface area contributed by atoms with Crippen LogP contribution in [0.15, 0.2) is 42.3 Å². The number of thiazole rings is 1. The van der Waals surface area contributed by atoms with Crippen LogP contribution in [0, 0.1) is 0 Å². The van der Waals surface area contributed by atoms with E-state index in [2.05, 4.69) is 22.2 Å². The summed E-state index contributed by atoms with van der Waals surface area (Å²) in [4.78, 5) is 27.7. The fourth-order valence-corrected chi connectivity index (χ4v) is 2.50. The van der Waals surface area contributed by atoms with Gasteiger partial charge in [0, 0.05) is 18.5 Å². The number of carbonyl (C=O) groups is 2. The van der Waals surface area contributed by atoms with Crippen LogP contribution < -0.4 is 15.4 Å². The Bertz CT molecular complexity index is 728. The molecule has 2 aromatic rings. The molecule has 0 radical (unpaired) electrons. The van der Waals surface area contributed by atoms with Crippen LogP contribution in [-0.2, 0) is 16.1 Å². The number of esters is 1. The standard InChI is InChI=1S/C17H19N3O4S/c1-3-8-18-17-20-14(11-25-17)16(22)24-10-15(21)19-9-12-4-6-13(23-2)7-5-12/h3-7,11H,1,8-10H2,2H3,(H,18,20)(H,19,21). The zero-order valence-corrected chi connectivity index (χ0v) is 14.6. The number of anilines is 1. The Kier molecular flexibility index (Phi) is 6.97. The van der Waals surface area contributed by atoms with E-state index in [-0.39, 0.29) is 18.2 Å². The number of hydrogen-bond acceptors (Lipinski definition) is 7. The molecular formula is C17H19N3O4S. The van der Waals surface area contributed by atoms with E-state index in [4.69, 9.17) is 9.47 Å². The van der Waals surface area contributed by atoms with Gasteiger partial charge in [-0.1, -0.05) is 18.2 Å². The Morgan fingerprint density at radius 3 is 2.76 bits per heavy atom. The van der Waals surface area contributed by atoms with Crippen molar-refractivity contribution in [3.8, 4) is 5.75 Å². The minimum absolute atomic E-state index is 0.166. The number of methoxy groups -OCH3 is 1. The molecule has 2 rings (SSSR count). The molecule has 1 heterocycles. The van der Waals surface area contributed by atoms with E-state index in [1.807, 2.05) is 24.3 Å². The summed E-state index contributed by atoms with van der Waals surface area (Å²) < 4.78 is 10.0. The Balaban J connectivity index is 1.74. The highest BCUT2D eigenvalue weighted by molar-refractivity contribution is 7.13. The number of hydrogen-bond donors (Lipinski definition) is 2. The Labute approximate surface area is 149 Å². The maximum absolute atomic E-state index is 11.9. The summed E-state index contributed by atoms with van der Waals surface area (Å²) in [6, 6.07) is 7.31. The molecule has 25 heavy (non-hydrogen) atoms. The first kappa shape index (κ1) is 18.5. The third-order valence-corrected chi connectivity index (χ3v) is 3.89. The summed E-state index contributed by atoms with van der Waals surface area (Å²) >= 11 is 1.28. The van der Waals surface area contributed by atoms with Gasteiger partial charge < -0.3 is 20.1 Å². The average molecular weight is 361 g/mol. The summed E-state index contributed by atoms with van der Waals surface area (Å²) in [6.45, 7) is 4.12. The number of rotatable bonds is 9. The second-order valence-corrected chi connectivity index (χ2v) is 5.77. The smallest absolute Gasteiger partial charge is 0.358 e. The maximum Gasteiger partial charge on any atom is 0.358 e. The van der Waals surface area contributed by atoms with Crippen molar-refractivity contribution in [2.45, 2.75) is 6.54 Å². The van der Waals surface area contributed by atoms with Crippen LogP contribution in [0.25, 0.3) is 0 Å². The molecule has 0 aliphatic heterocycles. The van der Waals surface area contributed by atoms with Crippen molar-refractivity contribution in [1.29, 1.82) is 0 Å². The number of aromatic nitrogens is 1. The van der Waals surface area contributed by atoms with Gasteiger partial charge in [-0.25, -0.2) is 9.78 Å². The molecule has 0 unspecified atom stereocenters. The number of nitrogens with zero attached hydrogens (tertiary/aromatic N) is 1. The van der Waals surface area contributed by atoms with Crippen LogP contribution in [0.3, 0.4) is 0 Å². The lowest BCUT2D eigenvalue weighted by molar-refractivity contribution is -0.124. The quantitative estimate of drug-likeness (QED) is 0.526. The molecule has 0 saturated heterocycles. The molecule has 0 saturated carbocycles. The van der Waals surface area contributed by atoms with E-state index in [0.29, 0.717) is 18.2 Å². The summed E-state index contributed by atoms with van der Waals surface area (Å²) in [5, 5.41) is 7.82. The number of benzene rings is 1. The van der Waals surface area contributed by atoms with E-state index in [9.17, 15) is 9.59 Å². The minimum atomic E-state index is -0.637. The van der Waals surface area contributed by atoms with E-state index in [1.54, 1.807) is 18.6 Å². The number of nitrogens with one attached hydrogen (secondary N) is 2. The highest BCUT2D eigenvalue weighted by atomic mass is 32.1. The molecule has 0 bridgehead atoms. The van der Waals surface area contributed by atoms with Crippen LogP contribution in [-0.4, -0.2) is 37.1 Å². The van der Waals surface area contributed by atoms with Crippen molar-refractivity contribution in [2.24, 2.45) is 0 Å². The van der Waals surface area contributed by atoms with Gasteiger partial charge in [0.05, 0.1) is 7.11 Å². The van der Waals surface area contributed by atoms with Gasteiger partial charge in [-0.15, -0.1) is 17.9 Å². The normalized spacial score (nSPS) is 9.96. The molecule has 0 aliphatic carbocycles. The molecular weight excluding hydrogens is 342 g/mol. The third-order valence-electron chi connectivity index (χ3n) is 3.09. The summed E-state index contributed by atoms with van der Waals surface area (Å²) in [7, 11) is 1.59. The SMILES string of the molecule is C=CCNc1nc(C(=O)OCC(=O)NCc2ccc(OC)cc2)cs1. The van der Waals surface area contributed by atoms with Crippen molar-refractivity contribution in [2.75, 3.05) is 25.6 Å². The zero-order valence-electron chi connectivity index (χ0n) is 13.8. The van der Waals surface area contributed by atoms with Gasteiger partial charge in [0.1, 0.15) is 5.75 Å². The summed E-state index contributed by atoms with van der Waals surface area (Å²) in [5.41, 5.74) is 1.08. The minimum Gasteiger partial charge on any atom is -0.497 e. The van der Waals surface area contributed by atoms with Crippen molar-refractivity contribution < 1.29 is 19.1 Å². The maximum atomic E-state index is 11.9. The van der Waals surface area contributed by atoms with Gasteiger partial charge in [-0.05, 0) is 17.7 Å². The van der Waals surface area contributed by atoms with Gasteiger partial charge in [0.2, 0.25) is 0 Å².